The number of hydrogen-bond donors (Lipinski definition) is 1. The fourth-order valence-electron chi connectivity index (χ4n) is 3.47. The SMILES string of the molecule is COCCNC(=O)c1nc(I)c2cc(Cc3ccc(F)cc3)cnc2c1OCc1ccccc1. The van der Waals surface area contributed by atoms with E-state index in [1.807, 2.05) is 36.4 Å². The second-order valence-electron chi connectivity index (χ2n) is 7.65. The van der Waals surface area contributed by atoms with Crippen molar-refractivity contribution in [3.8, 4) is 5.75 Å². The van der Waals surface area contributed by atoms with Gasteiger partial charge in [0.25, 0.3) is 5.91 Å². The van der Waals surface area contributed by atoms with Gasteiger partial charge in [0.1, 0.15) is 21.6 Å². The third kappa shape index (κ3) is 5.87. The smallest absolute Gasteiger partial charge is 0.273 e. The van der Waals surface area contributed by atoms with Crippen molar-refractivity contribution in [2.75, 3.05) is 20.3 Å². The van der Waals surface area contributed by atoms with E-state index in [9.17, 15) is 9.18 Å². The highest BCUT2D eigenvalue weighted by Crippen LogP contribution is 2.32. The highest BCUT2D eigenvalue weighted by Gasteiger charge is 2.21. The van der Waals surface area contributed by atoms with Crippen LogP contribution < -0.4 is 10.1 Å². The van der Waals surface area contributed by atoms with E-state index < -0.39 is 0 Å². The first-order chi connectivity index (χ1) is 16.5. The number of nitrogens with zero attached hydrogens (tertiary/aromatic N) is 2. The number of fused-ring (bicyclic) bond motifs is 1. The summed E-state index contributed by atoms with van der Waals surface area (Å²) >= 11 is 2.11. The molecule has 0 aliphatic carbocycles. The van der Waals surface area contributed by atoms with Crippen LogP contribution in [-0.4, -0.2) is 36.1 Å². The van der Waals surface area contributed by atoms with Gasteiger partial charge in [0.2, 0.25) is 0 Å². The van der Waals surface area contributed by atoms with Crippen LogP contribution in [0.2, 0.25) is 0 Å². The molecule has 0 saturated carbocycles. The molecule has 8 heteroatoms. The Labute approximate surface area is 210 Å². The van der Waals surface area contributed by atoms with Crippen LogP contribution in [0.1, 0.15) is 27.2 Å². The molecule has 2 heterocycles. The number of ether oxygens (including phenoxy) is 2. The van der Waals surface area contributed by atoms with E-state index in [2.05, 4.69) is 37.9 Å². The van der Waals surface area contributed by atoms with Gasteiger partial charge in [-0.15, -0.1) is 0 Å². The van der Waals surface area contributed by atoms with Crippen molar-refractivity contribution in [2.24, 2.45) is 0 Å². The maximum absolute atomic E-state index is 13.3. The molecule has 0 atom stereocenters. The molecule has 174 valence electrons. The van der Waals surface area contributed by atoms with Gasteiger partial charge >= 0.3 is 0 Å². The minimum Gasteiger partial charge on any atom is -0.484 e. The fourth-order valence-corrected chi connectivity index (χ4v) is 4.13. The lowest BCUT2D eigenvalue weighted by atomic mass is 10.0. The van der Waals surface area contributed by atoms with Gasteiger partial charge < -0.3 is 14.8 Å². The maximum Gasteiger partial charge on any atom is 0.273 e. The number of hydrogen-bond acceptors (Lipinski definition) is 5. The first-order valence-electron chi connectivity index (χ1n) is 10.7. The van der Waals surface area contributed by atoms with Crippen LogP contribution in [0.3, 0.4) is 0 Å². The molecule has 0 aliphatic rings. The lowest BCUT2D eigenvalue weighted by Crippen LogP contribution is -2.28. The first-order valence-corrected chi connectivity index (χ1v) is 11.8. The molecule has 2 aromatic heterocycles. The Balaban J connectivity index is 1.71. The third-order valence-corrected chi connectivity index (χ3v) is 5.98. The number of nitrogens with one attached hydrogen (secondary N) is 1. The summed E-state index contributed by atoms with van der Waals surface area (Å²) in [5.41, 5.74) is 3.64. The predicted molar refractivity (Wildman–Crippen MR) is 136 cm³/mol. The summed E-state index contributed by atoms with van der Waals surface area (Å²) in [6.07, 6.45) is 2.35. The van der Waals surface area contributed by atoms with Gasteiger partial charge in [0, 0.05) is 25.2 Å². The second kappa shape index (κ2) is 11.3. The molecule has 1 amide bonds. The van der Waals surface area contributed by atoms with Gasteiger partial charge in [0.15, 0.2) is 11.4 Å². The van der Waals surface area contributed by atoms with Gasteiger partial charge in [-0.05, 0) is 63.9 Å². The summed E-state index contributed by atoms with van der Waals surface area (Å²) in [7, 11) is 1.57. The topological polar surface area (TPSA) is 73.3 Å². The quantitative estimate of drug-likeness (QED) is 0.176. The lowest BCUT2D eigenvalue weighted by molar-refractivity contribution is 0.0927. The largest absolute Gasteiger partial charge is 0.484 e. The summed E-state index contributed by atoms with van der Waals surface area (Å²) in [4.78, 5) is 22.1. The minimum absolute atomic E-state index is 0.183. The molecule has 1 N–H and O–H groups in total. The van der Waals surface area contributed by atoms with E-state index in [0.29, 0.717) is 34.5 Å². The van der Waals surface area contributed by atoms with Crippen LogP contribution >= 0.6 is 22.6 Å². The fraction of sp³-hybridized carbons (Fsp3) is 0.192. The number of carbonyl (C=O) groups is 1. The highest BCUT2D eigenvalue weighted by molar-refractivity contribution is 14.1. The average Bonchev–Trinajstić information content (AvgIpc) is 2.85. The second-order valence-corrected chi connectivity index (χ2v) is 8.67. The number of amides is 1. The van der Waals surface area contributed by atoms with Crippen molar-refractivity contribution in [3.63, 3.8) is 0 Å². The van der Waals surface area contributed by atoms with Crippen molar-refractivity contribution >= 4 is 39.4 Å². The Bertz CT molecular complexity index is 1280. The van der Waals surface area contributed by atoms with Crippen molar-refractivity contribution in [2.45, 2.75) is 13.0 Å². The van der Waals surface area contributed by atoms with Crippen molar-refractivity contribution in [3.05, 3.63) is 98.8 Å². The van der Waals surface area contributed by atoms with E-state index in [1.54, 1.807) is 25.4 Å². The van der Waals surface area contributed by atoms with Gasteiger partial charge in [-0.3, -0.25) is 9.78 Å². The van der Waals surface area contributed by atoms with Crippen LogP contribution in [0.4, 0.5) is 4.39 Å². The Morgan fingerprint density at radius 1 is 1.06 bits per heavy atom. The van der Waals surface area contributed by atoms with Crippen LogP contribution in [0.15, 0.2) is 66.9 Å². The third-order valence-electron chi connectivity index (χ3n) is 5.16. The molecule has 4 aromatic rings. The van der Waals surface area contributed by atoms with Gasteiger partial charge in [-0.2, -0.15) is 0 Å². The van der Waals surface area contributed by atoms with E-state index in [0.717, 1.165) is 22.1 Å². The first kappa shape index (κ1) is 24.0. The van der Waals surface area contributed by atoms with E-state index in [-0.39, 0.29) is 24.0 Å². The zero-order valence-corrected chi connectivity index (χ0v) is 20.7. The maximum atomic E-state index is 13.3. The molecule has 34 heavy (non-hydrogen) atoms. The van der Waals surface area contributed by atoms with Crippen LogP contribution in [0.25, 0.3) is 10.9 Å². The number of rotatable bonds is 9. The predicted octanol–water partition coefficient (Wildman–Crippen LogP) is 4.92. The van der Waals surface area contributed by atoms with Gasteiger partial charge in [-0.1, -0.05) is 42.5 Å². The number of carbonyl (C=O) groups excluding carboxylic acids is 1. The Morgan fingerprint density at radius 3 is 2.56 bits per heavy atom. The summed E-state index contributed by atoms with van der Waals surface area (Å²) in [6, 6.07) is 18.1. The van der Waals surface area contributed by atoms with Gasteiger partial charge in [-0.25, -0.2) is 9.37 Å². The van der Waals surface area contributed by atoms with Crippen LogP contribution in [0, 0.1) is 9.52 Å². The van der Waals surface area contributed by atoms with E-state index in [4.69, 9.17) is 9.47 Å². The molecule has 0 spiro atoms. The lowest BCUT2D eigenvalue weighted by Gasteiger charge is -2.15. The molecule has 0 radical (unpaired) electrons. The zero-order chi connectivity index (χ0) is 23.9. The van der Waals surface area contributed by atoms with Crippen molar-refractivity contribution in [1.82, 2.24) is 15.3 Å². The molecular weight excluding hydrogens is 548 g/mol. The molecule has 6 nitrogen and oxygen atoms in total. The van der Waals surface area contributed by atoms with Crippen LogP contribution in [-0.2, 0) is 17.8 Å². The minimum atomic E-state index is -0.350. The Morgan fingerprint density at radius 2 is 1.82 bits per heavy atom. The molecule has 0 saturated heterocycles. The molecule has 0 bridgehead atoms. The van der Waals surface area contributed by atoms with Gasteiger partial charge in [0.05, 0.1) is 6.61 Å². The zero-order valence-electron chi connectivity index (χ0n) is 18.6. The molecule has 0 fully saturated rings. The Kier molecular flexibility index (Phi) is 8.02. The van der Waals surface area contributed by atoms with Crippen molar-refractivity contribution < 1.29 is 18.7 Å². The number of aromatic nitrogens is 2. The van der Waals surface area contributed by atoms with Crippen molar-refractivity contribution in [1.29, 1.82) is 0 Å². The number of pyridine rings is 2. The summed E-state index contributed by atoms with van der Waals surface area (Å²) in [5, 5.41) is 3.60. The number of benzene rings is 2. The average molecular weight is 571 g/mol. The van der Waals surface area contributed by atoms with E-state index in [1.165, 1.54) is 12.1 Å². The monoisotopic (exact) mass is 571 g/mol. The summed E-state index contributed by atoms with van der Waals surface area (Å²) in [5.74, 6) is -0.282. The summed E-state index contributed by atoms with van der Waals surface area (Å²) in [6.45, 7) is 1.02. The summed E-state index contributed by atoms with van der Waals surface area (Å²) < 4.78 is 25.0. The molecule has 4 rings (SSSR count). The molecule has 0 aliphatic heterocycles. The van der Waals surface area contributed by atoms with E-state index >= 15 is 0 Å². The molecule has 2 aromatic carbocycles. The molecule has 0 unspecified atom stereocenters. The number of halogens is 2. The number of methoxy groups -OCH3 is 1. The Hall–Kier alpha value is -3.11. The standard InChI is InChI=1S/C26H23FIN3O3/c1-33-12-11-29-26(32)23-24(34-16-18-5-3-2-4-6-18)22-21(25(28)31-23)14-19(15-30-22)13-17-7-9-20(27)10-8-17/h2-10,14-15H,11-13,16H2,1H3,(H,29,32). The normalized spacial score (nSPS) is 10.9. The highest BCUT2D eigenvalue weighted by atomic mass is 127. The molecular formula is C26H23FIN3O3. The van der Waals surface area contributed by atoms with Crippen LogP contribution in [0.5, 0.6) is 5.75 Å².